The molecule has 6 heteroatoms. The summed E-state index contributed by atoms with van der Waals surface area (Å²) in [6, 6.07) is 17.9. The predicted octanol–water partition coefficient (Wildman–Crippen LogP) is 6.46. The van der Waals surface area contributed by atoms with Crippen LogP contribution in [0.2, 0.25) is 10.0 Å². The third-order valence-electron chi connectivity index (χ3n) is 5.88. The lowest BCUT2D eigenvalue weighted by molar-refractivity contribution is 0.0714. The molecule has 1 unspecified atom stereocenters. The van der Waals surface area contributed by atoms with Crippen molar-refractivity contribution in [2.45, 2.75) is 26.4 Å². The maximum atomic E-state index is 13.6. The van der Waals surface area contributed by atoms with Gasteiger partial charge in [-0.3, -0.25) is 9.59 Å². The first-order chi connectivity index (χ1) is 15.3. The minimum absolute atomic E-state index is 0.0707. The number of hydrogen-bond donors (Lipinski definition) is 0. The lowest BCUT2D eigenvalue weighted by Crippen LogP contribution is -2.29. The van der Waals surface area contributed by atoms with Crippen molar-refractivity contribution in [3.63, 3.8) is 0 Å². The van der Waals surface area contributed by atoms with Crippen molar-refractivity contribution in [3.8, 4) is 0 Å². The van der Waals surface area contributed by atoms with E-state index in [1.807, 2.05) is 50.2 Å². The van der Waals surface area contributed by atoms with Crippen molar-refractivity contribution in [3.05, 3.63) is 115 Å². The molecule has 2 heterocycles. The second-order valence-electron chi connectivity index (χ2n) is 8.15. The fourth-order valence-corrected chi connectivity index (χ4v) is 4.58. The van der Waals surface area contributed by atoms with Gasteiger partial charge in [-0.1, -0.05) is 65.2 Å². The first-order valence-corrected chi connectivity index (χ1v) is 11.0. The largest absolute Gasteiger partial charge is 0.450 e. The number of halogens is 2. The molecule has 3 aromatic carbocycles. The van der Waals surface area contributed by atoms with Gasteiger partial charge in [-0.25, -0.2) is 0 Å². The minimum atomic E-state index is -0.613. The number of rotatable bonds is 3. The highest BCUT2D eigenvalue weighted by Gasteiger charge is 2.42. The Morgan fingerprint density at radius 2 is 1.72 bits per heavy atom. The zero-order chi connectivity index (χ0) is 22.6. The average Bonchev–Trinajstić information content (AvgIpc) is 3.03. The molecule has 5 rings (SSSR count). The SMILES string of the molecule is Cc1ccc(CN2C(=O)c3oc4cc(C)c(Cl)cc4c(=O)c3C2c2cccc(Cl)c2)cc1. The van der Waals surface area contributed by atoms with Gasteiger partial charge >= 0.3 is 0 Å². The highest BCUT2D eigenvalue weighted by Crippen LogP contribution is 2.40. The summed E-state index contributed by atoms with van der Waals surface area (Å²) in [5, 5.41) is 1.36. The molecule has 0 spiro atoms. The number of carbonyl (C=O) groups excluding carboxylic acids is 1. The van der Waals surface area contributed by atoms with Crippen LogP contribution in [0.3, 0.4) is 0 Å². The molecule has 0 N–H and O–H groups in total. The van der Waals surface area contributed by atoms with Gasteiger partial charge in [0, 0.05) is 16.6 Å². The van der Waals surface area contributed by atoms with Crippen molar-refractivity contribution in [1.82, 2.24) is 4.90 Å². The summed E-state index contributed by atoms with van der Waals surface area (Å²) in [4.78, 5) is 28.8. The van der Waals surface area contributed by atoms with Crippen molar-refractivity contribution >= 4 is 40.1 Å². The molecular weight excluding hydrogens is 445 g/mol. The summed E-state index contributed by atoms with van der Waals surface area (Å²) >= 11 is 12.5. The third kappa shape index (κ3) is 3.40. The van der Waals surface area contributed by atoms with Crippen LogP contribution in [0, 0.1) is 13.8 Å². The molecule has 0 fully saturated rings. The van der Waals surface area contributed by atoms with E-state index in [1.54, 1.807) is 29.2 Å². The third-order valence-corrected chi connectivity index (χ3v) is 6.53. The molecule has 4 nitrogen and oxygen atoms in total. The quantitative estimate of drug-likeness (QED) is 0.350. The summed E-state index contributed by atoms with van der Waals surface area (Å²) < 4.78 is 6.02. The molecule has 1 atom stereocenters. The smallest absolute Gasteiger partial charge is 0.291 e. The van der Waals surface area contributed by atoms with Crippen LogP contribution < -0.4 is 5.43 Å². The summed E-state index contributed by atoms with van der Waals surface area (Å²) in [6.07, 6.45) is 0. The molecule has 4 aromatic rings. The van der Waals surface area contributed by atoms with E-state index < -0.39 is 6.04 Å². The number of fused-ring (bicyclic) bond motifs is 2. The van der Waals surface area contributed by atoms with Crippen LogP contribution in [0.5, 0.6) is 0 Å². The normalized spacial score (nSPS) is 15.4. The zero-order valence-electron chi connectivity index (χ0n) is 17.5. The fourth-order valence-electron chi connectivity index (χ4n) is 4.22. The van der Waals surface area contributed by atoms with Crippen LogP contribution in [-0.4, -0.2) is 10.8 Å². The molecule has 0 bridgehead atoms. The van der Waals surface area contributed by atoms with Crippen LogP contribution >= 0.6 is 23.2 Å². The van der Waals surface area contributed by atoms with Crippen LogP contribution in [-0.2, 0) is 6.54 Å². The Morgan fingerprint density at radius 3 is 2.44 bits per heavy atom. The lowest BCUT2D eigenvalue weighted by Gasteiger charge is -2.25. The maximum absolute atomic E-state index is 13.6. The zero-order valence-corrected chi connectivity index (χ0v) is 19.0. The highest BCUT2D eigenvalue weighted by molar-refractivity contribution is 6.32. The number of amides is 1. The van der Waals surface area contributed by atoms with Crippen LogP contribution in [0.15, 0.2) is 69.9 Å². The molecule has 1 aromatic heterocycles. The van der Waals surface area contributed by atoms with E-state index >= 15 is 0 Å². The monoisotopic (exact) mass is 463 g/mol. The average molecular weight is 464 g/mol. The number of aryl methyl sites for hydroxylation is 2. The maximum Gasteiger partial charge on any atom is 0.291 e. The number of hydrogen-bond acceptors (Lipinski definition) is 3. The standard InChI is InChI=1S/C26H19Cl2NO3/c1-14-6-8-16(9-7-14)13-29-23(17-4-3-5-18(27)11-17)22-24(30)19-12-20(28)15(2)10-21(19)32-25(22)26(29)31/h3-12,23H,13H2,1-2H3. The van der Waals surface area contributed by atoms with Gasteiger partial charge in [0.1, 0.15) is 5.58 Å². The van der Waals surface area contributed by atoms with E-state index in [0.717, 1.165) is 22.3 Å². The van der Waals surface area contributed by atoms with Crippen LogP contribution in [0.1, 0.15) is 44.4 Å². The Balaban J connectivity index is 1.74. The predicted molar refractivity (Wildman–Crippen MR) is 127 cm³/mol. The molecule has 1 amide bonds. The van der Waals surface area contributed by atoms with Gasteiger partial charge in [0.15, 0.2) is 5.43 Å². The van der Waals surface area contributed by atoms with Gasteiger partial charge in [0.05, 0.1) is 17.0 Å². The van der Waals surface area contributed by atoms with Crippen molar-refractivity contribution in [2.75, 3.05) is 0 Å². The minimum Gasteiger partial charge on any atom is -0.450 e. The van der Waals surface area contributed by atoms with Gasteiger partial charge in [-0.2, -0.15) is 0 Å². The van der Waals surface area contributed by atoms with Crippen LogP contribution in [0.25, 0.3) is 11.0 Å². The second kappa shape index (κ2) is 7.80. The van der Waals surface area contributed by atoms with E-state index in [9.17, 15) is 9.59 Å². The van der Waals surface area contributed by atoms with E-state index in [2.05, 4.69) is 0 Å². The summed E-state index contributed by atoms with van der Waals surface area (Å²) in [5.41, 5.74) is 4.03. The van der Waals surface area contributed by atoms with Crippen molar-refractivity contribution in [2.24, 2.45) is 0 Å². The van der Waals surface area contributed by atoms with Gasteiger partial charge in [-0.05, 0) is 54.8 Å². The molecular formula is C26H19Cl2NO3. The van der Waals surface area contributed by atoms with E-state index in [-0.39, 0.29) is 17.1 Å². The van der Waals surface area contributed by atoms with Gasteiger partial charge in [-0.15, -0.1) is 0 Å². The van der Waals surface area contributed by atoms with Crippen molar-refractivity contribution in [1.29, 1.82) is 0 Å². The van der Waals surface area contributed by atoms with Crippen molar-refractivity contribution < 1.29 is 9.21 Å². The Labute approximate surface area is 195 Å². The van der Waals surface area contributed by atoms with E-state index in [4.69, 9.17) is 27.6 Å². The summed E-state index contributed by atoms with van der Waals surface area (Å²) in [7, 11) is 0. The highest BCUT2D eigenvalue weighted by atomic mass is 35.5. The molecule has 1 aliphatic rings. The summed E-state index contributed by atoms with van der Waals surface area (Å²) in [5.74, 6) is -0.251. The lowest BCUT2D eigenvalue weighted by atomic mass is 9.98. The number of nitrogens with zero attached hydrogens (tertiary/aromatic N) is 1. The fraction of sp³-hybridized carbons (Fsp3) is 0.154. The molecule has 32 heavy (non-hydrogen) atoms. The number of carbonyl (C=O) groups is 1. The van der Waals surface area contributed by atoms with Gasteiger partial charge < -0.3 is 9.32 Å². The second-order valence-corrected chi connectivity index (χ2v) is 8.99. The van der Waals surface area contributed by atoms with Gasteiger partial charge in [0.2, 0.25) is 5.76 Å². The topological polar surface area (TPSA) is 50.5 Å². The first kappa shape index (κ1) is 20.8. The Kier molecular flexibility index (Phi) is 5.07. The first-order valence-electron chi connectivity index (χ1n) is 10.2. The van der Waals surface area contributed by atoms with E-state index in [1.165, 1.54) is 0 Å². The van der Waals surface area contributed by atoms with E-state index in [0.29, 0.717) is 33.1 Å². The van der Waals surface area contributed by atoms with Crippen LogP contribution in [0.4, 0.5) is 0 Å². The molecule has 0 radical (unpaired) electrons. The molecule has 0 saturated carbocycles. The Hall–Kier alpha value is -3.08. The van der Waals surface area contributed by atoms with Gasteiger partial charge in [0.25, 0.3) is 5.91 Å². The Morgan fingerprint density at radius 1 is 0.969 bits per heavy atom. The summed E-state index contributed by atoms with van der Waals surface area (Å²) in [6.45, 7) is 4.17. The Bertz CT molecular complexity index is 1440. The number of benzene rings is 3. The molecule has 0 saturated heterocycles. The molecule has 160 valence electrons. The molecule has 1 aliphatic heterocycles. The molecule has 0 aliphatic carbocycles.